The van der Waals surface area contributed by atoms with Gasteiger partial charge in [-0.2, -0.15) is 0 Å². The van der Waals surface area contributed by atoms with Crippen molar-refractivity contribution in [3.8, 4) is 0 Å². The van der Waals surface area contributed by atoms with E-state index < -0.39 is 11.9 Å². The van der Waals surface area contributed by atoms with Gasteiger partial charge < -0.3 is 25.4 Å². The molecule has 3 N–H and O–H groups in total. The molecule has 108 valence electrons. The molecule has 19 heavy (non-hydrogen) atoms. The van der Waals surface area contributed by atoms with Crippen molar-refractivity contribution < 1.29 is 19.4 Å². The number of urea groups is 1. The van der Waals surface area contributed by atoms with Crippen LogP contribution in [0.2, 0.25) is 0 Å². The second kappa shape index (κ2) is 6.21. The highest BCUT2D eigenvalue weighted by Gasteiger charge is 2.38. The number of piperidine rings is 1. The molecule has 2 fully saturated rings. The van der Waals surface area contributed by atoms with E-state index in [4.69, 9.17) is 9.84 Å². The number of carboxylic acids is 1. The summed E-state index contributed by atoms with van der Waals surface area (Å²) in [6, 6.07) is -0.435. The minimum Gasteiger partial charge on any atom is -0.481 e. The normalized spacial score (nSPS) is 28.1. The first-order chi connectivity index (χ1) is 9.09. The second-order valence-electron chi connectivity index (χ2n) is 5.13. The van der Waals surface area contributed by atoms with Crippen molar-refractivity contribution in [2.75, 3.05) is 33.4 Å². The van der Waals surface area contributed by atoms with Crippen LogP contribution >= 0.6 is 0 Å². The summed E-state index contributed by atoms with van der Waals surface area (Å²) in [7, 11) is 1.63. The van der Waals surface area contributed by atoms with Gasteiger partial charge in [0.1, 0.15) is 5.92 Å². The predicted octanol–water partition coefficient (Wildman–Crippen LogP) is -0.521. The Morgan fingerprint density at radius 3 is 2.63 bits per heavy atom. The van der Waals surface area contributed by atoms with Crippen molar-refractivity contribution in [2.24, 2.45) is 5.92 Å². The van der Waals surface area contributed by atoms with Gasteiger partial charge in [-0.15, -0.1) is 0 Å². The van der Waals surface area contributed by atoms with E-state index in [-0.39, 0.29) is 31.3 Å². The molecule has 0 aromatic rings. The van der Waals surface area contributed by atoms with Crippen LogP contribution in [0.4, 0.5) is 4.79 Å². The molecule has 0 saturated carbocycles. The van der Waals surface area contributed by atoms with E-state index in [1.54, 1.807) is 7.05 Å². The highest BCUT2D eigenvalue weighted by Crippen LogP contribution is 2.19. The van der Waals surface area contributed by atoms with E-state index in [1.807, 2.05) is 0 Å². The van der Waals surface area contributed by atoms with Crippen molar-refractivity contribution in [1.82, 2.24) is 15.5 Å². The van der Waals surface area contributed by atoms with Gasteiger partial charge in [0.25, 0.3) is 0 Å². The topological polar surface area (TPSA) is 90.9 Å². The van der Waals surface area contributed by atoms with E-state index in [2.05, 4.69) is 10.6 Å². The molecule has 0 spiro atoms. The third kappa shape index (κ3) is 3.36. The van der Waals surface area contributed by atoms with Gasteiger partial charge >= 0.3 is 12.0 Å². The number of amides is 2. The third-order valence-corrected chi connectivity index (χ3v) is 3.85. The summed E-state index contributed by atoms with van der Waals surface area (Å²) in [4.78, 5) is 24.7. The largest absolute Gasteiger partial charge is 0.481 e. The molecule has 2 saturated heterocycles. The molecule has 2 amide bonds. The van der Waals surface area contributed by atoms with E-state index in [9.17, 15) is 9.59 Å². The summed E-state index contributed by atoms with van der Waals surface area (Å²) < 4.78 is 5.18. The number of likely N-dealkylation sites (N-methyl/N-ethyl adjacent to an activating group) is 1. The van der Waals surface area contributed by atoms with Crippen molar-refractivity contribution in [3.05, 3.63) is 0 Å². The van der Waals surface area contributed by atoms with Crippen LogP contribution in [-0.2, 0) is 9.53 Å². The average Bonchev–Trinajstić information content (AvgIpc) is 2.88. The zero-order valence-corrected chi connectivity index (χ0v) is 11.1. The summed E-state index contributed by atoms with van der Waals surface area (Å²) in [6.45, 7) is 2.26. The summed E-state index contributed by atoms with van der Waals surface area (Å²) in [5.41, 5.74) is 0. The molecule has 2 heterocycles. The number of carboxylic acid groups (broad SMARTS) is 1. The third-order valence-electron chi connectivity index (χ3n) is 3.85. The Kier molecular flexibility index (Phi) is 4.60. The first-order valence-corrected chi connectivity index (χ1v) is 6.64. The fourth-order valence-corrected chi connectivity index (χ4v) is 2.55. The summed E-state index contributed by atoms with van der Waals surface area (Å²) >= 11 is 0. The first kappa shape index (κ1) is 14.1. The molecular formula is C12H21N3O4. The van der Waals surface area contributed by atoms with Crippen molar-refractivity contribution in [1.29, 1.82) is 0 Å². The zero-order chi connectivity index (χ0) is 13.8. The first-order valence-electron chi connectivity index (χ1n) is 6.64. The van der Waals surface area contributed by atoms with E-state index in [1.165, 1.54) is 4.90 Å². The lowest BCUT2D eigenvalue weighted by Crippen LogP contribution is -2.52. The SMILES string of the molecule is CN(C(=O)NC1CCNCC1)C1COCC1C(=O)O. The van der Waals surface area contributed by atoms with Crippen LogP contribution in [0.1, 0.15) is 12.8 Å². The number of carbonyl (C=O) groups is 2. The van der Waals surface area contributed by atoms with Crippen LogP contribution in [0.3, 0.4) is 0 Å². The highest BCUT2D eigenvalue weighted by molar-refractivity contribution is 5.77. The number of aliphatic carboxylic acids is 1. The Morgan fingerprint density at radius 1 is 1.32 bits per heavy atom. The van der Waals surface area contributed by atoms with Gasteiger partial charge in [-0.05, 0) is 25.9 Å². The standard InChI is InChI=1S/C12H21N3O4/c1-15(10-7-19-6-9(10)11(16)17)12(18)14-8-2-4-13-5-3-8/h8-10,13H,2-7H2,1H3,(H,14,18)(H,16,17). The van der Waals surface area contributed by atoms with Gasteiger partial charge in [0.05, 0.1) is 19.3 Å². The van der Waals surface area contributed by atoms with Gasteiger partial charge in [-0.25, -0.2) is 4.79 Å². The molecule has 2 aliphatic rings. The quantitative estimate of drug-likeness (QED) is 0.642. The van der Waals surface area contributed by atoms with Gasteiger partial charge in [0.2, 0.25) is 0 Å². The van der Waals surface area contributed by atoms with Crippen LogP contribution in [0.15, 0.2) is 0 Å². The van der Waals surface area contributed by atoms with E-state index in [0.29, 0.717) is 0 Å². The second-order valence-corrected chi connectivity index (χ2v) is 5.13. The van der Waals surface area contributed by atoms with Crippen LogP contribution < -0.4 is 10.6 Å². The summed E-state index contributed by atoms with van der Waals surface area (Å²) in [5, 5.41) is 15.3. The number of hydrogen-bond donors (Lipinski definition) is 3. The lowest BCUT2D eigenvalue weighted by atomic mass is 10.0. The molecule has 0 bridgehead atoms. The molecule has 7 nitrogen and oxygen atoms in total. The Bertz CT molecular complexity index is 344. The average molecular weight is 271 g/mol. The van der Waals surface area contributed by atoms with Crippen LogP contribution in [0.25, 0.3) is 0 Å². The van der Waals surface area contributed by atoms with Crippen LogP contribution in [0, 0.1) is 5.92 Å². The van der Waals surface area contributed by atoms with Crippen molar-refractivity contribution >= 4 is 12.0 Å². The molecular weight excluding hydrogens is 250 g/mol. The lowest BCUT2D eigenvalue weighted by molar-refractivity contribution is -0.142. The fourth-order valence-electron chi connectivity index (χ4n) is 2.55. The molecule has 2 rings (SSSR count). The number of ether oxygens (including phenoxy) is 1. The van der Waals surface area contributed by atoms with E-state index in [0.717, 1.165) is 25.9 Å². The van der Waals surface area contributed by atoms with Crippen LogP contribution in [0.5, 0.6) is 0 Å². The van der Waals surface area contributed by atoms with Gasteiger partial charge in [0.15, 0.2) is 0 Å². The Hall–Kier alpha value is -1.34. The van der Waals surface area contributed by atoms with Gasteiger partial charge in [0, 0.05) is 13.1 Å². The smallest absolute Gasteiger partial charge is 0.317 e. The van der Waals surface area contributed by atoms with Gasteiger partial charge in [-0.1, -0.05) is 0 Å². The minimum atomic E-state index is -0.913. The molecule has 0 aromatic heterocycles. The number of hydrogen-bond acceptors (Lipinski definition) is 4. The predicted molar refractivity (Wildman–Crippen MR) is 67.9 cm³/mol. The maximum absolute atomic E-state index is 12.1. The lowest BCUT2D eigenvalue weighted by Gasteiger charge is -2.30. The number of nitrogens with zero attached hydrogens (tertiary/aromatic N) is 1. The molecule has 7 heteroatoms. The fraction of sp³-hybridized carbons (Fsp3) is 0.833. The number of rotatable bonds is 3. The maximum Gasteiger partial charge on any atom is 0.317 e. The monoisotopic (exact) mass is 271 g/mol. The minimum absolute atomic E-state index is 0.168. The van der Waals surface area contributed by atoms with Crippen LogP contribution in [-0.4, -0.2) is 67.4 Å². The molecule has 2 atom stereocenters. The molecule has 0 aromatic carbocycles. The molecule has 0 radical (unpaired) electrons. The zero-order valence-electron chi connectivity index (χ0n) is 11.1. The summed E-state index contributed by atoms with van der Waals surface area (Å²) in [6.07, 6.45) is 1.81. The van der Waals surface area contributed by atoms with Gasteiger partial charge in [-0.3, -0.25) is 4.79 Å². The molecule has 2 unspecified atom stereocenters. The molecule has 2 aliphatic heterocycles. The maximum atomic E-state index is 12.1. The highest BCUT2D eigenvalue weighted by atomic mass is 16.5. The number of carbonyl (C=O) groups excluding carboxylic acids is 1. The Balaban J connectivity index is 1.88. The van der Waals surface area contributed by atoms with Crippen molar-refractivity contribution in [3.63, 3.8) is 0 Å². The van der Waals surface area contributed by atoms with Crippen molar-refractivity contribution in [2.45, 2.75) is 24.9 Å². The number of nitrogens with one attached hydrogen (secondary N) is 2. The van der Waals surface area contributed by atoms with E-state index >= 15 is 0 Å². The molecule has 0 aliphatic carbocycles. The Morgan fingerprint density at radius 2 is 2.00 bits per heavy atom. The summed E-state index contributed by atoms with van der Waals surface area (Å²) in [5.74, 6) is -1.55. The Labute approximate surface area is 112 Å².